The number of aromatic nitrogens is 4. The SMILES string of the molecule is O=C(NC(Cn1ccnc1)c1ccc(Cl)cc1Cl)c1ccc(-c2nnc(-c3ccccc3)o2)cc1. The average Bonchev–Trinajstić information content (AvgIpc) is 3.57. The summed E-state index contributed by atoms with van der Waals surface area (Å²) in [6.45, 7) is 0.454. The number of nitrogens with zero attached hydrogens (tertiary/aromatic N) is 4. The molecule has 1 N–H and O–H groups in total. The van der Waals surface area contributed by atoms with Crippen LogP contribution in [0.4, 0.5) is 0 Å². The first kappa shape index (κ1) is 22.8. The van der Waals surface area contributed by atoms with Gasteiger partial charge in [0.2, 0.25) is 11.8 Å². The molecule has 0 aliphatic carbocycles. The van der Waals surface area contributed by atoms with Gasteiger partial charge in [-0.15, -0.1) is 10.2 Å². The van der Waals surface area contributed by atoms with Crippen molar-refractivity contribution in [2.24, 2.45) is 0 Å². The Hall–Kier alpha value is -3.94. The van der Waals surface area contributed by atoms with Crippen LogP contribution in [0.2, 0.25) is 10.0 Å². The second-order valence-electron chi connectivity index (χ2n) is 7.81. The molecule has 2 heterocycles. The second-order valence-corrected chi connectivity index (χ2v) is 8.65. The summed E-state index contributed by atoms with van der Waals surface area (Å²) in [6, 6.07) is 21.3. The molecular weight excluding hydrogens is 485 g/mol. The second kappa shape index (κ2) is 10.1. The van der Waals surface area contributed by atoms with E-state index in [0.717, 1.165) is 11.1 Å². The fraction of sp³-hybridized carbons (Fsp3) is 0.0769. The van der Waals surface area contributed by atoms with Crippen molar-refractivity contribution in [2.45, 2.75) is 12.6 Å². The summed E-state index contributed by atoms with van der Waals surface area (Å²) >= 11 is 12.5. The molecule has 9 heteroatoms. The van der Waals surface area contributed by atoms with Gasteiger partial charge in [-0.25, -0.2) is 4.98 Å². The lowest BCUT2D eigenvalue weighted by Crippen LogP contribution is -2.31. The maximum Gasteiger partial charge on any atom is 0.251 e. The first-order valence-electron chi connectivity index (χ1n) is 10.8. The highest BCUT2D eigenvalue weighted by Gasteiger charge is 2.20. The zero-order chi connectivity index (χ0) is 24.2. The molecule has 174 valence electrons. The molecular formula is C26H19Cl2N5O2. The van der Waals surface area contributed by atoms with Gasteiger partial charge in [-0.1, -0.05) is 47.5 Å². The maximum absolute atomic E-state index is 13.1. The van der Waals surface area contributed by atoms with Gasteiger partial charge in [-0.3, -0.25) is 4.79 Å². The van der Waals surface area contributed by atoms with Gasteiger partial charge in [0.15, 0.2) is 0 Å². The van der Waals surface area contributed by atoms with Gasteiger partial charge < -0.3 is 14.3 Å². The quantitative estimate of drug-likeness (QED) is 0.291. The zero-order valence-corrected chi connectivity index (χ0v) is 19.8. The van der Waals surface area contributed by atoms with Crippen molar-refractivity contribution in [3.8, 4) is 22.9 Å². The number of carbonyl (C=O) groups is 1. The van der Waals surface area contributed by atoms with Crippen molar-refractivity contribution in [3.63, 3.8) is 0 Å². The number of hydrogen-bond donors (Lipinski definition) is 1. The largest absolute Gasteiger partial charge is 0.416 e. The molecule has 0 saturated heterocycles. The van der Waals surface area contributed by atoms with Crippen LogP contribution in [-0.4, -0.2) is 25.7 Å². The molecule has 0 radical (unpaired) electrons. The van der Waals surface area contributed by atoms with Gasteiger partial charge >= 0.3 is 0 Å². The molecule has 1 unspecified atom stereocenters. The average molecular weight is 504 g/mol. The van der Waals surface area contributed by atoms with Crippen molar-refractivity contribution < 1.29 is 9.21 Å². The number of carbonyl (C=O) groups excluding carboxylic acids is 1. The number of amides is 1. The van der Waals surface area contributed by atoms with Crippen LogP contribution in [0.5, 0.6) is 0 Å². The third-order valence-corrected chi connectivity index (χ3v) is 6.00. The highest BCUT2D eigenvalue weighted by molar-refractivity contribution is 6.35. The van der Waals surface area contributed by atoms with E-state index in [1.54, 1.807) is 48.9 Å². The van der Waals surface area contributed by atoms with E-state index < -0.39 is 6.04 Å². The van der Waals surface area contributed by atoms with Gasteiger partial charge in [0, 0.05) is 45.7 Å². The number of rotatable bonds is 7. The van der Waals surface area contributed by atoms with Crippen LogP contribution in [0.3, 0.4) is 0 Å². The van der Waals surface area contributed by atoms with Crippen molar-refractivity contribution in [3.05, 3.63) is 113 Å². The fourth-order valence-electron chi connectivity index (χ4n) is 3.65. The predicted molar refractivity (Wildman–Crippen MR) is 134 cm³/mol. The number of halogens is 2. The number of nitrogens with one attached hydrogen (secondary N) is 1. The molecule has 7 nitrogen and oxygen atoms in total. The molecule has 0 bridgehead atoms. The zero-order valence-electron chi connectivity index (χ0n) is 18.3. The molecule has 0 aliphatic rings. The summed E-state index contributed by atoms with van der Waals surface area (Å²) in [5.41, 5.74) is 2.80. The highest BCUT2D eigenvalue weighted by atomic mass is 35.5. The van der Waals surface area contributed by atoms with Crippen LogP contribution < -0.4 is 5.32 Å². The number of imidazole rings is 1. The van der Waals surface area contributed by atoms with Crippen molar-refractivity contribution in [1.29, 1.82) is 0 Å². The Balaban J connectivity index is 1.34. The van der Waals surface area contributed by atoms with Gasteiger partial charge in [0.25, 0.3) is 5.91 Å². The van der Waals surface area contributed by atoms with Crippen LogP contribution in [-0.2, 0) is 6.54 Å². The van der Waals surface area contributed by atoms with Crippen LogP contribution in [0.1, 0.15) is 22.0 Å². The summed E-state index contributed by atoms with van der Waals surface area (Å²) in [7, 11) is 0. The summed E-state index contributed by atoms with van der Waals surface area (Å²) in [5, 5.41) is 12.3. The summed E-state index contributed by atoms with van der Waals surface area (Å²) in [5.74, 6) is 0.564. The first-order chi connectivity index (χ1) is 17.1. The van der Waals surface area contributed by atoms with Crippen LogP contribution in [0, 0.1) is 0 Å². The minimum Gasteiger partial charge on any atom is -0.416 e. The molecule has 0 aliphatic heterocycles. The molecule has 0 saturated carbocycles. The van der Waals surface area contributed by atoms with E-state index in [9.17, 15) is 4.79 Å². The van der Waals surface area contributed by atoms with Gasteiger partial charge in [0.1, 0.15) is 0 Å². The Morgan fingerprint density at radius 1 is 0.943 bits per heavy atom. The smallest absolute Gasteiger partial charge is 0.251 e. The van der Waals surface area contributed by atoms with Crippen molar-refractivity contribution in [2.75, 3.05) is 0 Å². The highest BCUT2D eigenvalue weighted by Crippen LogP contribution is 2.28. The van der Waals surface area contributed by atoms with E-state index in [0.29, 0.717) is 39.5 Å². The van der Waals surface area contributed by atoms with Gasteiger partial charge in [-0.2, -0.15) is 0 Å². The van der Waals surface area contributed by atoms with E-state index >= 15 is 0 Å². The third-order valence-electron chi connectivity index (χ3n) is 5.44. The van der Waals surface area contributed by atoms with Crippen molar-refractivity contribution in [1.82, 2.24) is 25.1 Å². The van der Waals surface area contributed by atoms with Crippen LogP contribution >= 0.6 is 23.2 Å². The third kappa shape index (κ3) is 5.26. The molecule has 5 aromatic rings. The van der Waals surface area contributed by atoms with E-state index in [4.69, 9.17) is 27.6 Å². The summed E-state index contributed by atoms with van der Waals surface area (Å²) in [6.07, 6.45) is 5.19. The Morgan fingerprint density at radius 2 is 1.66 bits per heavy atom. The lowest BCUT2D eigenvalue weighted by molar-refractivity contribution is 0.0932. The fourth-order valence-corrected chi connectivity index (χ4v) is 4.19. The van der Waals surface area contributed by atoms with Crippen LogP contribution in [0.25, 0.3) is 22.9 Å². The van der Waals surface area contributed by atoms with E-state index in [2.05, 4.69) is 20.5 Å². The van der Waals surface area contributed by atoms with E-state index in [1.165, 1.54) is 0 Å². The Bertz CT molecular complexity index is 1430. The summed E-state index contributed by atoms with van der Waals surface area (Å²) < 4.78 is 7.68. The Morgan fingerprint density at radius 3 is 2.31 bits per heavy atom. The molecule has 1 atom stereocenters. The van der Waals surface area contributed by atoms with E-state index in [-0.39, 0.29) is 5.91 Å². The molecule has 35 heavy (non-hydrogen) atoms. The Labute approximate surface area is 211 Å². The van der Waals surface area contributed by atoms with Gasteiger partial charge in [0.05, 0.1) is 12.4 Å². The molecule has 3 aromatic carbocycles. The minimum absolute atomic E-state index is 0.247. The lowest BCUT2D eigenvalue weighted by Gasteiger charge is -2.21. The standard InChI is InChI=1S/C26H19Cl2N5O2/c27-20-10-11-21(22(28)14-20)23(15-33-13-12-29-16-33)30-24(34)17-6-8-19(9-7-17)26-32-31-25(35-26)18-4-2-1-3-5-18/h1-14,16,23H,15H2,(H,30,34). The van der Waals surface area contributed by atoms with Gasteiger partial charge in [-0.05, 0) is 54.1 Å². The number of hydrogen-bond acceptors (Lipinski definition) is 5. The lowest BCUT2D eigenvalue weighted by atomic mass is 10.1. The molecule has 0 spiro atoms. The normalized spacial score (nSPS) is 11.8. The molecule has 2 aromatic heterocycles. The maximum atomic E-state index is 13.1. The van der Waals surface area contributed by atoms with Crippen LogP contribution in [0.15, 0.2) is 95.9 Å². The molecule has 5 rings (SSSR count). The first-order valence-corrected chi connectivity index (χ1v) is 11.5. The number of benzene rings is 3. The predicted octanol–water partition coefficient (Wildman–Crippen LogP) is 6.08. The van der Waals surface area contributed by atoms with Crippen molar-refractivity contribution >= 4 is 29.1 Å². The Kier molecular flexibility index (Phi) is 6.61. The molecule has 1 amide bonds. The monoisotopic (exact) mass is 503 g/mol. The summed E-state index contributed by atoms with van der Waals surface area (Å²) in [4.78, 5) is 17.2. The van der Waals surface area contributed by atoms with E-state index in [1.807, 2.05) is 47.2 Å². The topological polar surface area (TPSA) is 85.8 Å². The molecule has 0 fully saturated rings. The minimum atomic E-state index is -0.398.